The van der Waals surface area contributed by atoms with Crippen molar-refractivity contribution in [3.63, 3.8) is 0 Å². The van der Waals surface area contributed by atoms with Crippen LogP contribution in [0.2, 0.25) is 0 Å². The molecule has 0 heterocycles. The maximum absolute atomic E-state index is 5.16. The third-order valence-electron chi connectivity index (χ3n) is 2.13. The molecule has 1 fully saturated rings. The van der Waals surface area contributed by atoms with Gasteiger partial charge in [-0.3, -0.25) is 0 Å². The van der Waals surface area contributed by atoms with Crippen LogP contribution in [-0.2, 0) is 0 Å². The number of hydrogen-bond donors (Lipinski definition) is 0. The molecule has 1 aliphatic carbocycles. The molecule has 0 atom stereocenters. The molecule has 1 aliphatic rings. The highest BCUT2D eigenvalue weighted by molar-refractivity contribution is 4.83. The van der Waals surface area contributed by atoms with Crippen molar-refractivity contribution in [3.8, 4) is 12.3 Å². The molecule has 0 radical (unpaired) electrons. The number of hydrogen-bond acceptors (Lipinski definition) is 1. The maximum Gasteiger partial charge on any atom is 0.00982 e. The lowest BCUT2D eigenvalue weighted by atomic mass is 10.3. The van der Waals surface area contributed by atoms with E-state index in [4.69, 9.17) is 6.42 Å². The molecule has 0 aliphatic heterocycles. The van der Waals surface area contributed by atoms with Crippen LogP contribution in [0, 0.1) is 18.3 Å². The Bertz CT molecular complexity index is 141. The first-order chi connectivity index (χ1) is 5.33. The molecule has 0 aromatic rings. The van der Waals surface area contributed by atoms with E-state index >= 15 is 0 Å². The van der Waals surface area contributed by atoms with Gasteiger partial charge in [-0.05, 0) is 38.8 Å². The van der Waals surface area contributed by atoms with E-state index in [0.717, 1.165) is 18.8 Å². The van der Waals surface area contributed by atoms with Crippen molar-refractivity contribution in [1.29, 1.82) is 0 Å². The molecule has 0 amide bonds. The molecular formula is C10H17N. The SMILES string of the molecule is C#CCCCN(C)CC1CC1. The van der Waals surface area contributed by atoms with Crippen molar-refractivity contribution >= 4 is 0 Å². The Morgan fingerprint density at radius 2 is 2.27 bits per heavy atom. The molecule has 1 heteroatoms. The van der Waals surface area contributed by atoms with Gasteiger partial charge in [0.1, 0.15) is 0 Å². The molecule has 0 aromatic carbocycles. The Labute approximate surface area is 69.8 Å². The van der Waals surface area contributed by atoms with Crippen LogP contribution in [0.3, 0.4) is 0 Å². The zero-order valence-electron chi connectivity index (χ0n) is 7.34. The van der Waals surface area contributed by atoms with Gasteiger partial charge in [0.25, 0.3) is 0 Å². The molecule has 0 N–H and O–H groups in total. The summed E-state index contributed by atoms with van der Waals surface area (Å²) < 4.78 is 0. The average molecular weight is 151 g/mol. The summed E-state index contributed by atoms with van der Waals surface area (Å²) in [5.41, 5.74) is 0. The van der Waals surface area contributed by atoms with E-state index < -0.39 is 0 Å². The van der Waals surface area contributed by atoms with Crippen LogP contribution in [-0.4, -0.2) is 25.0 Å². The minimum Gasteiger partial charge on any atom is -0.306 e. The molecule has 1 nitrogen and oxygen atoms in total. The Balaban J connectivity index is 1.92. The normalized spacial score (nSPS) is 16.8. The van der Waals surface area contributed by atoms with Gasteiger partial charge in [0.15, 0.2) is 0 Å². The fourth-order valence-corrected chi connectivity index (χ4v) is 1.28. The summed E-state index contributed by atoms with van der Waals surface area (Å²) in [5.74, 6) is 3.67. The minimum absolute atomic E-state index is 0.926. The van der Waals surface area contributed by atoms with Crippen molar-refractivity contribution in [2.45, 2.75) is 25.7 Å². The molecule has 1 rings (SSSR count). The number of terminal acetylenes is 1. The Morgan fingerprint density at radius 3 is 2.82 bits per heavy atom. The van der Waals surface area contributed by atoms with E-state index in [1.165, 1.54) is 25.9 Å². The molecular weight excluding hydrogens is 134 g/mol. The topological polar surface area (TPSA) is 3.24 Å². The van der Waals surface area contributed by atoms with Gasteiger partial charge in [0.05, 0.1) is 0 Å². The number of unbranched alkanes of at least 4 members (excludes halogenated alkanes) is 1. The van der Waals surface area contributed by atoms with E-state index in [9.17, 15) is 0 Å². The molecule has 0 spiro atoms. The molecule has 0 aromatic heterocycles. The van der Waals surface area contributed by atoms with E-state index in [2.05, 4.69) is 17.9 Å². The summed E-state index contributed by atoms with van der Waals surface area (Å²) in [6, 6.07) is 0. The highest BCUT2D eigenvalue weighted by Gasteiger charge is 2.22. The van der Waals surface area contributed by atoms with Crippen LogP contribution >= 0.6 is 0 Å². The monoisotopic (exact) mass is 151 g/mol. The fraction of sp³-hybridized carbons (Fsp3) is 0.800. The van der Waals surface area contributed by atoms with Crippen molar-refractivity contribution in [2.75, 3.05) is 20.1 Å². The van der Waals surface area contributed by atoms with Crippen LogP contribution in [0.5, 0.6) is 0 Å². The first kappa shape index (κ1) is 8.62. The van der Waals surface area contributed by atoms with Gasteiger partial charge >= 0.3 is 0 Å². The Morgan fingerprint density at radius 1 is 1.55 bits per heavy atom. The standard InChI is InChI=1S/C10H17N/c1-3-4-5-8-11(2)9-10-6-7-10/h1,10H,4-9H2,2H3. The molecule has 1 saturated carbocycles. The van der Waals surface area contributed by atoms with Crippen molar-refractivity contribution in [3.05, 3.63) is 0 Å². The van der Waals surface area contributed by atoms with Gasteiger partial charge in [-0.2, -0.15) is 0 Å². The van der Waals surface area contributed by atoms with Gasteiger partial charge in [-0.25, -0.2) is 0 Å². The summed E-state index contributed by atoms with van der Waals surface area (Å²) in [4.78, 5) is 2.40. The lowest BCUT2D eigenvalue weighted by Gasteiger charge is -2.14. The highest BCUT2D eigenvalue weighted by atomic mass is 15.1. The third-order valence-corrected chi connectivity index (χ3v) is 2.13. The zero-order valence-corrected chi connectivity index (χ0v) is 7.34. The van der Waals surface area contributed by atoms with Gasteiger partial charge < -0.3 is 4.90 Å². The second-order valence-corrected chi connectivity index (χ2v) is 3.51. The van der Waals surface area contributed by atoms with E-state index in [-0.39, 0.29) is 0 Å². The first-order valence-corrected chi connectivity index (χ1v) is 4.45. The zero-order chi connectivity index (χ0) is 8.10. The quantitative estimate of drug-likeness (QED) is 0.427. The lowest BCUT2D eigenvalue weighted by molar-refractivity contribution is 0.318. The first-order valence-electron chi connectivity index (χ1n) is 4.45. The van der Waals surface area contributed by atoms with Gasteiger partial charge in [0.2, 0.25) is 0 Å². The van der Waals surface area contributed by atoms with Gasteiger partial charge in [0, 0.05) is 13.0 Å². The lowest BCUT2D eigenvalue weighted by Crippen LogP contribution is -2.21. The molecule has 0 bridgehead atoms. The van der Waals surface area contributed by atoms with E-state index in [1.807, 2.05) is 0 Å². The van der Waals surface area contributed by atoms with Crippen molar-refractivity contribution < 1.29 is 0 Å². The van der Waals surface area contributed by atoms with Crippen molar-refractivity contribution in [1.82, 2.24) is 4.90 Å². The van der Waals surface area contributed by atoms with Crippen LogP contribution < -0.4 is 0 Å². The maximum atomic E-state index is 5.16. The Hall–Kier alpha value is -0.480. The second-order valence-electron chi connectivity index (χ2n) is 3.51. The predicted molar refractivity (Wildman–Crippen MR) is 48.3 cm³/mol. The summed E-state index contributed by atoms with van der Waals surface area (Å²) in [6.07, 6.45) is 10.1. The van der Waals surface area contributed by atoms with Crippen molar-refractivity contribution in [2.24, 2.45) is 5.92 Å². The third kappa shape index (κ3) is 4.06. The summed E-state index contributed by atoms with van der Waals surface area (Å²) >= 11 is 0. The van der Waals surface area contributed by atoms with Gasteiger partial charge in [-0.15, -0.1) is 12.3 Å². The van der Waals surface area contributed by atoms with Crippen LogP contribution in [0.25, 0.3) is 0 Å². The molecule has 0 saturated heterocycles. The summed E-state index contributed by atoms with van der Waals surface area (Å²) in [5, 5.41) is 0. The highest BCUT2D eigenvalue weighted by Crippen LogP contribution is 2.29. The average Bonchev–Trinajstić information content (AvgIpc) is 2.72. The minimum atomic E-state index is 0.926. The second kappa shape index (κ2) is 4.41. The summed E-state index contributed by atoms with van der Waals surface area (Å²) in [7, 11) is 2.19. The van der Waals surface area contributed by atoms with E-state index in [1.54, 1.807) is 0 Å². The van der Waals surface area contributed by atoms with E-state index in [0.29, 0.717) is 0 Å². The molecule has 11 heavy (non-hydrogen) atoms. The Kier molecular flexibility index (Phi) is 3.45. The smallest absolute Gasteiger partial charge is 0.00982 e. The number of rotatable bonds is 5. The summed E-state index contributed by atoms with van der Waals surface area (Å²) in [6.45, 7) is 2.45. The van der Waals surface area contributed by atoms with Gasteiger partial charge in [-0.1, -0.05) is 0 Å². The largest absolute Gasteiger partial charge is 0.306 e. The van der Waals surface area contributed by atoms with Crippen LogP contribution in [0.15, 0.2) is 0 Å². The molecule has 62 valence electrons. The van der Waals surface area contributed by atoms with Crippen LogP contribution in [0.4, 0.5) is 0 Å². The number of nitrogens with zero attached hydrogens (tertiary/aromatic N) is 1. The predicted octanol–water partition coefficient (Wildman–Crippen LogP) is 1.74. The fourth-order valence-electron chi connectivity index (χ4n) is 1.28. The molecule has 0 unspecified atom stereocenters. The van der Waals surface area contributed by atoms with Crippen LogP contribution in [0.1, 0.15) is 25.7 Å².